The lowest BCUT2D eigenvalue weighted by Gasteiger charge is -2.18. The largest absolute Gasteiger partial charge is 0.455 e. The Morgan fingerprint density at radius 2 is 1.10 bits per heavy atom. The zero-order valence-corrected chi connectivity index (χ0v) is 21.6. The fraction of sp³-hybridized carbons (Fsp3) is 0. The highest BCUT2D eigenvalue weighted by Gasteiger charge is 2.18. The van der Waals surface area contributed by atoms with Gasteiger partial charge in [0.2, 0.25) is 0 Å². The number of rotatable bonds is 2. The second-order valence-corrected chi connectivity index (χ2v) is 10.2. The molecule has 1 heterocycles. The lowest BCUT2D eigenvalue weighted by Crippen LogP contribution is -1.91. The molecule has 0 fully saturated rings. The van der Waals surface area contributed by atoms with Crippen LogP contribution in [0, 0.1) is 0 Å². The molecule has 0 atom stereocenters. The number of hydrogen-bond acceptors (Lipinski definition) is 1. The molecule has 1 nitrogen and oxygen atoms in total. The Morgan fingerprint density at radius 1 is 0.439 bits per heavy atom. The van der Waals surface area contributed by atoms with Gasteiger partial charge < -0.3 is 4.42 Å². The summed E-state index contributed by atoms with van der Waals surface area (Å²) in [4.78, 5) is 0. The number of hydrogen-bond donors (Lipinski definition) is 0. The second-order valence-electron chi connectivity index (χ2n) is 10.2. The van der Waals surface area contributed by atoms with Crippen LogP contribution in [0.2, 0.25) is 0 Å². The van der Waals surface area contributed by atoms with E-state index < -0.39 is 30.2 Å². The average molecular weight is 530 g/mol. The molecule has 8 aromatic carbocycles. The molecular weight excluding hydrogens is 496 g/mol. The van der Waals surface area contributed by atoms with Crippen LogP contribution in [-0.4, -0.2) is 0 Å². The van der Waals surface area contributed by atoms with Gasteiger partial charge in [-0.3, -0.25) is 0 Å². The van der Waals surface area contributed by atoms with Gasteiger partial charge in [0, 0.05) is 16.2 Å². The van der Waals surface area contributed by atoms with Gasteiger partial charge in [-0.25, -0.2) is 0 Å². The van der Waals surface area contributed by atoms with E-state index in [4.69, 9.17) is 14.0 Å². The summed E-state index contributed by atoms with van der Waals surface area (Å²) in [6.07, 6.45) is 0. The highest BCUT2D eigenvalue weighted by atomic mass is 16.3. The Kier molecular flexibility index (Phi) is 3.21. The molecule has 9 rings (SSSR count). The molecule has 0 spiro atoms. The zero-order chi connectivity index (χ0) is 34.7. The van der Waals surface area contributed by atoms with Gasteiger partial charge in [-0.1, -0.05) is 121 Å². The lowest BCUT2D eigenvalue weighted by atomic mass is 9.85. The van der Waals surface area contributed by atoms with Crippen LogP contribution >= 0.6 is 0 Å². The molecule has 1 aromatic heterocycles. The first kappa shape index (κ1) is 15.4. The van der Waals surface area contributed by atoms with E-state index in [-0.39, 0.29) is 62.4 Å². The molecule has 0 amide bonds. The molecule has 0 unspecified atom stereocenters. The van der Waals surface area contributed by atoms with Crippen LogP contribution in [0.25, 0.3) is 87.3 Å². The van der Waals surface area contributed by atoms with E-state index in [9.17, 15) is 2.74 Å². The molecule has 0 bridgehead atoms. The molecule has 1 heteroatoms. The first-order valence-corrected chi connectivity index (χ1v) is 13.4. The monoisotopic (exact) mass is 529 g/mol. The molecule has 190 valence electrons. The Labute approximate surface area is 249 Å². The van der Waals surface area contributed by atoms with E-state index in [1.165, 1.54) is 0 Å². The molecule has 0 aliphatic carbocycles. The maximum atomic E-state index is 9.66. The quantitative estimate of drug-likeness (QED) is 0.203. The molecule has 0 saturated carbocycles. The first-order valence-electron chi connectivity index (χ1n) is 17.9. The van der Waals surface area contributed by atoms with Crippen molar-refractivity contribution in [2.45, 2.75) is 0 Å². The van der Waals surface area contributed by atoms with Crippen molar-refractivity contribution in [2.75, 3.05) is 0 Å². The van der Waals surface area contributed by atoms with Gasteiger partial charge in [-0.15, -0.1) is 0 Å². The van der Waals surface area contributed by atoms with Crippen LogP contribution in [0.3, 0.4) is 0 Å². The van der Waals surface area contributed by atoms with Gasteiger partial charge in [0.1, 0.15) is 11.2 Å². The smallest absolute Gasteiger partial charge is 0.143 e. The summed E-state index contributed by atoms with van der Waals surface area (Å²) in [5.41, 5.74) is 2.51. The molecule has 0 aliphatic heterocycles. The van der Waals surface area contributed by atoms with Crippen molar-refractivity contribution in [1.29, 1.82) is 0 Å². The summed E-state index contributed by atoms with van der Waals surface area (Å²) in [7, 11) is 0. The normalized spacial score (nSPS) is 15.0. The number of fused-ring (bicyclic) bond motifs is 8. The Hall–Kier alpha value is -5.40. The van der Waals surface area contributed by atoms with Crippen LogP contribution in [-0.2, 0) is 0 Å². The summed E-state index contributed by atoms with van der Waals surface area (Å²) in [6, 6.07) is 26.6. The van der Waals surface area contributed by atoms with Crippen molar-refractivity contribution in [3.63, 3.8) is 0 Å². The topological polar surface area (TPSA) is 13.1 Å². The maximum absolute atomic E-state index is 9.66. The predicted molar refractivity (Wildman–Crippen MR) is 175 cm³/mol. The predicted octanol–water partition coefficient (Wildman–Crippen LogP) is 11.5. The fourth-order valence-electron chi connectivity index (χ4n) is 6.09. The highest BCUT2D eigenvalue weighted by molar-refractivity contribution is 6.23. The lowest BCUT2D eigenvalue weighted by molar-refractivity contribution is 0.672. The van der Waals surface area contributed by atoms with Crippen molar-refractivity contribution < 1.29 is 16.8 Å². The van der Waals surface area contributed by atoms with E-state index in [0.717, 1.165) is 43.4 Å². The minimum atomic E-state index is -0.533. The van der Waals surface area contributed by atoms with Crippen molar-refractivity contribution in [3.05, 3.63) is 145 Å². The third-order valence-corrected chi connectivity index (χ3v) is 7.91. The molecule has 0 radical (unpaired) electrons. The summed E-state index contributed by atoms with van der Waals surface area (Å²) < 4.78 is 85.7. The van der Waals surface area contributed by atoms with Crippen LogP contribution in [0.1, 0.15) is 12.3 Å². The van der Waals surface area contributed by atoms with Crippen molar-refractivity contribution >= 4 is 65.0 Å². The van der Waals surface area contributed by atoms with Crippen molar-refractivity contribution in [1.82, 2.24) is 0 Å². The Morgan fingerprint density at radius 3 is 1.85 bits per heavy atom. The molecule has 0 saturated heterocycles. The number of furan rings is 1. The van der Waals surface area contributed by atoms with Crippen LogP contribution in [0.15, 0.2) is 150 Å². The zero-order valence-electron chi connectivity index (χ0n) is 30.6. The van der Waals surface area contributed by atoms with Gasteiger partial charge in [-0.05, 0) is 84.2 Å². The van der Waals surface area contributed by atoms with E-state index in [1.54, 1.807) is 0 Å². The average Bonchev–Trinajstić information content (AvgIpc) is 3.54. The van der Waals surface area contributed by atoms with E-state index in [1.807, 2.05) is 60.7 Å². The minimum absolute atomic E-state index is 0.00340. The van der Waals surface area contributed by atoms with Gasteiger partial charge in [0.15, 0.2) is 0 Å². The van der Waals surface area contributed by atoms with E-state index in [0.29, 0.717) is 5.56 Å². The highest BCUT2D eigenvalue weighted by Crippen LogP contribution is 2.45. The fourth-order valence-corrected chi connectivity index (χ4v) is 6.09. The first-order chi connectivity index (χ1) is 24.1. The second kappa shape index (κ2) is 8.55. The van der Waals surface area contributed by atoms with Gasteiger partial charge >= 0.3 is 0 Å². The standard InChI is InChI=1S/C40H24O/c1-2-11-27-23-28(18-17-25(27)9-1)38-31-13-5-7-15-33(31)39(34-16-8-6-14-32(34)38)29-20-22-37-36(24-29)35-21-19-26-10-3-4-12-30(26)40(35)41-37/h1-24H/i3D,4D,10D,12D,19D,20D,21D,22D,24D. The summed E-state index contributed by atoms with van der Waals surface area (Å²) >= 11 is 0. The molecular formula is C40H24O. The van der Waals surface area contributed by atoms with Crippen LogP contribution < -0.4 is 0 Å². The minimum Gasteiger partial charge on any atom is -0.455 e. The third kappa shape index (κ3) is 3.30. The van der Waals surface area contributed by atoms with Crippen LogP contribution in [0.5, 0.6) is 0 Å². The van der Waals surface area contributed by atoms with Gasteiger partial charge in [-0.2, -0.15) is 0 Å². The summed E-state index contributed by atoms with van der Waals surface area (Å²) in [5.74, 6) is 0. The van der Waals surface area contributed by atoms with Gasteiger partial charge in [0.05, 0.1) is 12.3 Å². The molecule has 0 N–H and O–H groups in total. The maximum Gasteiger partial charge on any atom is 0.143 e. The van der Waals surface area contributed by atoms with E-state index >= 15 is 0 Å². The SMILES string of the molecule is [2H]c1c(-c2c3ccccc3c(-c3ccc4ccccc4c3)c3ccccc23)c([2H])c2c(oc3c4c([2H])c([2H])c([2H])c([2H])c4c([2H])c([2H])c32)c1[2H]. The van der Waals surface area contributed by atoms with Crippen LogP contribution in [0.4, 0.5) is 0 Å². The van der Waals surface area contributed by atoms with Crippen molar-refractivity contribution in [3.8, 4) is 22.3 Å². The summed E-state index contributed by atoms with van der Waals surface area (Å²) in [6.45, 7) is 0. The Balaban J connectivity index is 1.45. The number of benzene rings is 8. The molecule has 0 aliphatic rings. The van der Waals surface area contributed by atoms with Gasteiger partial charge in [0.25, 0.3) is 0 Å². The summed E-state index contributed by atoms with van der Waals surface area (Å²) in [5, 5.41) is 5.35. The van der Waals surface area contributed by atoms with Crippen molar-refractivity contribution in [2.24, 2.45) is 0 Å². The Bertz CT molecular complexity index is 2920. The third-order valence-electron chi connectivity index (χ3n) is 7.91. The van der Waals surface area contributed by atoms with E-state index in [2.05, 4.69) is 30.3 Å². The molecule has 9 aromatic rings. The molecule has 41 heavy (non-hydrogen) atoms.